The number of aromatic nitrogens is 2. The fourth-order valence-electron chi connectivity index (χ4n) is 1.65. The molecule has 0 saturated heterocycles. The summed E-state index contributed by atoms with van der Waals surface area (Å²) in [4.78, 5) is 19.8. The summed E-state index contributed by atoms with van der Waals surface area (Å²) < 4.78 is 5.10. The Bertz CT molecular complexity index is 678. The number of rotatable bonds is 5. The van der Waals surface area contributed by atoms with Crippen LogP contribution in [0.1, 0.15) is 17.5 Å². The summed E-state index contributed by atoms with van der Waals surface area (Å²) in [5.41, 5.74) is 1.71. The van der Waals surface area contributed by atoms with E-state index >= 15 is 0 Å². The molecule has 0 bridgehead atoms. The third kappa shape index (κ3) is 6.41. The van der Waals surface area contributed by atoms with Crippen LogP contribution in [0.25, 0.3) is 0 Å². The number of nitrogens with zero attached hydrogens (tertiary/aromatic N) is 2. The molecule has 2 aromatic rings. The molecule has 23 heavy (non-hydrogen) atoms. The van der Waals surface area contributed by atoms with Gasteiger partial charge < -0.3 is 10.1 Å². The normalized spacial score (nSPS) is 9.61. The number of hydrogen-bond donors (Lipinski definition) is 1. The predicted molar refractivity (Wildman–Crippen MR) is 89.9 cm³/mol. The predicted octanol–water partition coefficient (Wildman–Crippen LogP) is 2.87. The van der Waals surface area contributed by atoms with Gasteiger partial charge in [0.05, 0.1) is 5.56 Å². The Balaban J connectivity index is 1.65. The minimum absolute atomic E-state index is 0.261. The van der Waals surface area contributed by atoms with Crippen molar-refractivity contribution in [2.45, 2.75) is 18.2 Å². The average Bonchev–Trinajstić information content (AvgIpc) is 2.61. The fraction of sp³-hybridized carbons (Fsp3) is 0.235. The Morgan fingerprint density at radius 3 is 2.70 bits per heavy atom. The molecule has 0 unspecified atom stereocenters. The van der Waals surface area contributed by atoms with Crippen LogP contribution in [0.15, 0.2) is 47.9 Å². The van der Waals surface area contributed by atoms with Crippen LogP contribution >= 0.6 is 11.8 Å². The lowest BCUT2D eigenvalue weighted by molar-refractivity contribution is 0.140. The molecule has 0 saturated carbocycles. The SMILES string of the molecule is CSc1ncc(C#CCCNC(=O)OCc2ccccc2)cn1. The van der Waals surface area contributed by atoms with Crippen LogP contribution in [0.5, 0.6) is 0 Å². The molecule has 0 radical (unpaired) electrons. The molecule has 1 aromatic carbocycles. The molecule has 1 heterocycles. The molecular weight excluding hydrogens is 310 g/mol. The average molecular weight is 327 g/mol. The van der Waals surface area contributed by atoms with Crippen molar-refractivity contribution in [2.75, 3.05) is 12.8 Å². The number of hydrogen-bond acceptors (Lipinski definition) is 5. The minimum atomic E-state index is -0.441. The first-order valence-electron chi connectivity index (χ1n) is 7.07. The molecule has 1 amide bonds. The van der Waals surface area contributed by atoms with Crippen molar-refractivity contribution in [3.63, 3.8) is 0 Å². The van der Waals surface area contributed by atoms with Gasteiger partial charge in [0.15, 0.2) is 5.16 Å². The van der Waals surface area contributed by atoms with Crippen LogP contribution < -0.4 is 5.32 Å². The number of thioether (sulfide) groups is 1. The van der Waals surface area contributed by atoms with E-state index in [1.807, 2.05) is 36.6 Å². The molecule has 118 valence electrons. The molecule has 1 aromatic heterocycles. The summed E-state index contributed by atoms with van der Waals surface area (Å²) in [6, 6.07) is 9.54. The number of nitrogens with one attached hydrogen (secondary N) is 1. The zero-order valence-corrected chi connectivity index (χ0v) is 13.6. The number of benzene rings is 1. The summed E-state index contributed by atoms with van der Waals surface area (Å²) in [5.74, 6) is 5.91. The van der Waals surface area contributed by atoms with Gasteiger partial charge in [-0.3, -0.25) is 0 Å². The van der Waals surface area contributed by atoms with E-state index in [4.69, 9.17) is 4.74 Å². The van der Waals surface area contributed by atoms with Crippen LogP contribution in [0, 0.1) is 11.8 Å². The van der Waals surface area contributed by atoms with Gasteiger partial charge in [-0.15, -0.1) is 0 Å². The maximum Gasteiger partial charge on any atom is 0.407 e. The van der Waals surface area contributed by atoms with Crippen LogP contribution in [-0.4, -0.2) is 28.9 Å². The zero-order chi connectivity index (χ0) is 16.3. The van der Waals surface area contributed by atoms with Gasteiger partial charge in [0.25, 0.3) is 0 Å². The number of amides is 1. The van der Waals surface area contributed by atoms with Crippen molar-refractivity contribution in [1.82, 2.24) is 15.3 Å². The monoisotopic (exact) mass is 327 g/mol. The van der Waals surface area contributed by atoms with Crippen molar-refractivity contribution in [1.29, 1.82) is 0 Å². The summed E-state index contributed by atoms with van der Waals surface area (Å²) in [7, 11) is 0. The number of ether oxygens (including phenoxy) is 1. The minimum Gasteiger partial charge on any atom is -0.445 e. The van der Waals surface area contributed by atoms with E-state index in [1.54, 1.807) is 12.4 Å². The number of carbonyl (C=O) groups is 1. The molecule has 0 fully saturated rings. The van der Waals surface area contributed by atoms with E-state index in [1.165, 1.54) is 11.8 Å². The highest BCUT2D eigenvalue weighted by molar-refractivity contribution is 7.98. The van der Waals surface area contributed by atoms with Crippen LogP contribution in [-0.2, 0) is 11.3 Å². The van der Waals surface area contributed by atoms with Crippen molar-refractivity contribution >= 4 is 17.9 Å². The molecule has 0 aliphatic carbocycles. The van der Waals surface area contributed by atoms with E-state index in [0.29, 0.717) is 13.0 Å². The molecule has 0 spiro atoms. The smallest absolute Gasteiger partial charge is 0.407 e. The van der Waals surface area contributed by atoms with E-state index in [-0.39, 0.29) is 6.61 Å². The standard InChI is InChI=1S/C17H17N3O2S/c1-23-16-19-11-15(12-20-16)9-5-6-10-18-17(21)22-13-14-7-3-2-4-8-14/h2-4,7-8,11-12H,6,10,13H2,1H3,(H,18,21). The van der Waals surface area contributed by atoms with E-state index < -0.39 is 6.09 Å². The maximum atomic E-state index is 11.5. The van der Waals surface area contributed by atoms with Crippen LogP contribution in [0.4, 0.5) is 4.79 Å². The second kappa shape index (κ2) is 9.49. The van der Waals surface area contributed by atoms with Gasteiger partial charge in [0, 0.05) is 25.4 Å². The molecule has 5 nitrogen and oxygen atoms in total. The van der Waals surface area contributed by atoms with Gasteiger partial charge >= 0.3 is 6.09 Å². The summed E-state index contributed by atoms with van der Waals surface area (Å²) in [5, 5.41) is 3.38. The summed E-state index contributed by atoms with van der Waals surface area (Å²) in [6.07, 6.45) is 5.39. The quantitative estimate of drug-likeness (QED) is 0.396. The van der Waals surface area contributed by atoms with Gasteiger partial charge in [-0.05, 0) is 11.8 Å². The zero-order valence-electron chi connectivity index (χ0n) is 12.8. The van der Waals surface area contributed by atoms with Crippen LogP contribution in [0.3, 0.4) is 0 Å². The van der Waals surface area contributed by atoms with Gasteiger partial charge in [-0.2, -0.15) is 0 Å². The van der Waals surface area contributed by atoms with Crippen molar-refractivity contribution in [3.05, 3.63) is 53.9 Å². The molecule has 0 aliphatic rings. The Labute approximate surface area is 139 Å². The lowest BCUT2D eigenvalue weighted by Gasteiger charge is -2.05. The summed E-state index contributed by atoms with van der Waals surface area (Å²) in [6.45, 7) is 0.696. The maximum absolute atomic E-state index is 11.5. The van der Waals surface area contributed by atoms with Gasteiger partial charge in [-0.25, -0.2) is 14.8 Å². The van der Waals surface area contributed by atoms with E-state index in [2.05, 4.69) is 27.1 Å². The highest BCUT2D eigenvalue weighted by atomic mass is 32.2. The fourth-order valence-corrected chi connectivity index (χ4v) is 1.97. The number of carbonyl (C=O) groups excluding carboxylic acids is 1. The molecule has 2 rings (SSSR count). The third-order valence-corrected chi connectivity index (χ3v) is 3.35. The largest absolute Gasteiger partial charge is 0.445 e. The molecule has 0 aliphatic heterocycles. The lowest BCUT2D eigenvalue weighted by Crippen LogP contribution is -2.24. The highest BCUT2D eigenvalue weighted by Gasteiger charge is 2.00. The summed E-state index contributed by atoms with van der Waals surface area (Å²) >= 11 is 1.48. The Kier molecular flexibility index (Phi) is 6.95. The Morgan fingerprint density at radius 1 is 1.26 bits per heavy atom. The van der Waals surface area contributed by atoms with E-state index in [9.17, 15) is 4.79 Å². The van der Waals surface area contributed by atoms with Crippen LogP contribution in [0.2, 0.25) is 0 Å². The first-order valence-corrected chi connectivity index (χ1v) is 8.30. The number of alkyl carbamates (subject to hydrolysis) is 1. The first kappa shape index (κ1) is 16.8. The first-order chi connectivity index (χ1) is 11.3. The van der Waals surface area contributed by atoms with Gasteiger partial charge in [0.1, 0.15) is 6.61 Å². The van der Waals surface area contributed by atoms with Crippen molar-refractivity contribution in [2.24, 2.45) is 0 Å². The second-order valence-electron chi connectivity index (χ2n) is 4.50. The molecule has 6 heteroatoms. The molecule has 0 atom stereocenters. The van der Waals surface area contributed by atoms with E-state index in [0.717, 1.165) is 16.3 Å². The van der Waals surface area contributed by atoms with Crippen molar-refractivity contribution in [3.8, 4) is 11.8 Å². The lowest BCUT2D eigenvalue weighted by atomic mass is 10.2. The third-order valence-electron chi connectivity index (χ3n) is 2.78. The Morgan fingerprint density at radius 2 is 2.00 bits per heavy atom. The second-order valence-corrected chi connectivity index (χ2v) is 5.27. The van der Waals surface area contributed by atoms with Gasteiger partial charge in [-0.1, -0.05) is 53.9 Å². The highest BCUT2D eigenvalue weighted by Crippen LogP contribution is 2.06. The topological polar surface area (TPSA) is 64.1 Å². The van der Waals surface area contributed by atoms with Crippen molar-refractivity contribution < 1.29 is 9.53 Å². The molecule has 1 N–H and O–H groups in total. The molecular formula is C17H17N3O2S. The Hall–Kier alpha value is -2.52. The van der Waals surface area contributed by atoms with Gasteiger partial charge in [0.2, 0.25) is 0 Å².